The Morgan fingerprint density at radius 2 is 2.06 bits per heavy atom. The molecule has 1 aromatic carbocycles. The number of rotatable bonds is 1. The summed E-state index contributed by atoms with van der Waals surface area (Å²) < 4.78 is 0. The van der Waals surface area contributed by atoms with E-state index in [1.165, 1.54) is 10.4 Å². The van der Waals surface area contributed by atoms with Gasteiger partial charge in [0.25, 0.3) is 0 Å². The zero-order valence-electron chi connectivity index (χ0n) is 9.62. The highest BCUT2D eigenvalue weighted by atomic mass is 15.6. The van der Waals surface area contributed by atoms with Gasteiger partial charge in [0.2, 0.25) is 5.82 Å². The molecule has 0 unspecified atom stereocenters. The number of aromatic nitrogens is 5. The minimum absolute atomic E-state index is 0.637. The molecule has 0 aliphatic heterocycles. The molecular formula is C12H11N5. The first-order valence-corrected chi connectivity index (χ1v) is 5.34. The molecule has 0 amide bonds. The molecule has 2 aromatic heterocycles. The summed E-state index contributed by atoms with van der Waals surface area (Å²) >= 11 is 0. The Kier molecular flexibility index (Phi) is 2.11. The van der Waals surface area contributed by atoms with Crippen molar-refractivity contribution < 1.29 is 0 Å². The molecule has 3 aromatic rings. The maximum absolute atomic E-state index is 4.32. The highest BCUT2D eigenvalue weighted by Crippen LogP contribution is 2.22. The lowest BCUT2D eigenvalue weighted by Crippen LogP contribution is -1.92. The Balaban J connectivity index is 2.22. The maximum atomic E-state index is 4.32. The first kappa shape index (κ1) is 9.89. The molecule has 0 spiro atoms. The lowest BCUT2D eigenvalue weighted by atomic mass is 10.1. The van der Waals surface area contributed by atoms with E-state index in [0.29, 0.717) is 5.82 Å². The van der Waals surface area contributed by atoms with Gasteiger partial charge in [-0.1, -0.05) is 0 Å². The Bertz CT molecular complexity index is 686. The summed E-state index contributed by atoms with van der Waals surface area (Å²) in [5.74, 6) is 0.637. The van der Waals surface area contributed by atoms with Crippen LogP contribution >= 0.6 is 0 Å². The minimum Gasteiger partial charge on any atom is -0.256 e. The van der Waals surface area contributed by atoms with Crippen molar-refractivity contribution in [3.63, 3.8) is 0 Å². The highest BCUT2D eigenvalue weighted by molar-refractivity contribution is 5.85. The van der Waals surface area contributed by atoms with Gasteiger partial charge in [0.15, 0.2) is 0 Å². The zero-order chi connectivity index (χ0) is 11.8. The van der Waals surface area contributed by atoms with Crippen LogP contribution < -0.4 is 0 Å². The average Bonchev–Trinajstić information content (AvgIpc) is 2.76. The summed E-state index contributed by atoms with van der Waals surface area (Å²) in [5.41, 5.74) is 3.14. The molecule has 0 saturated heterocycles. The second-order valence-electron chi connectivity index (χ2n) is 3.96. The van der Waals surface area contributed by atoms with E-state index in [4.69, 9.17) is 0 Å². The number of fused-ring (bicyclic) bond motifs is 1. The van der Waals surface area contributed by atoms with Crippen LogP contribution in [0.25, 0.3) is 22.3 Å². The first-order valence-electron chi connectivity index (χ1n) is 5.34. The highest BCUT2D eigenvalue weighted by Gasteiger charge is 2.06. The van der Waals surface area contributed by atoms with Gasteiger partial charge in [-0.05, 0) is 42.0 Å². The maximum Gasteiger partial charge on any atom is 0.204 e. The molecule has 0 fully saturated rings. The fraction of sp³-hybridized carbons (Fsp3) is 0.167. The van der Waals surface area contributed by atoms with E-state index in [2.05, 4.69) is 33.4 Å². The van der Waals surface area contributed by atoms with E-state index in [9.17, 15) is 0 Å². The second kappa shape index (κ2) is 3.62. The predicted molar refractivity (Wildman–Crippen MR) is 64.3 cm³/mol. The fourth-order valence-corrected chi connectivity index (χ4v) is 1.82. The van der Waals surface area contributed by atoms with Gasteiger partial charge >= 0.3 is 0 Å². The van der Waals surface area contributed by atoms with Crippen LogP contribution in [0.15, 0.2) is 30.5 Å². The average molecular weight is 225 g/mol. The normalized spacial score (nSPS) is 10.9. The van der Waals surface area contributed by atoms with E-state index in [0.717, 1.165) is 16.5 Å². The molecule has 17 heavy (non-hydrogen) atoms. The van der Waals surface area contributed by atoms with Crippen molar-refractivity contribution in [2.45, 2.75) is 6.92 Å². The summed E-state index contributed by atoms with van der Waals surface area (Å²) in [7, 11) is 1.75. The van der Waals surface area contributed by atoms with Gasteiger partial charge in [-0.2, -0.15) is 4.80 Å². The van der Waals surface area contributed by atoms with Gasteiger partial charge in [-0.25, -0.2) is 0 Å². The molecule has 0 atom stereocenters. The molecule has 0 radical (unpaired) electrons. The zero-order valence-corrected chi connectivity index (χ0v) is 9.62. The third-order valence-corrected chi connectivity index (χ3v) is 2.73. The summed E-state index contributed by atoms with van der Waals surface area (Å²) in [4.78, 5) is 5.77. The number of nitrogens with zero attached hydrogens (tertiary/aromatic N) is 5. The quantitative estimate of drug-likeness (QED) is 0.633. The Morgan fingerprint density at radius 3 is 2.82 bits per heavy atom. The van der Waals surface area contributed by atoms with Crippen LogP contribution in [-0.2, 0) is 7.05 Å². The van der Waals surface area contributed by atoms with Crippen LogP contribution in [0.3, 0.4) is 0 Å². The number of tetrazole rings is 1. The van der Waals surface area contributed by atoms with Gasteiger partial charge in [0.05, 0.1) is 12.6 Å². The monoisotopic (exact) mass is 225 g/mol. The van der Waals surface area contributed by atoms with E-state index in [1.807, 2.05) is 24.4 Å². The molecule has 5 nitrogen and oxygen atoms in total. The molecule has 0 saturated carbocycles. The molecule has 2 heterocycles. The molecule has 0 N–H and O–H groups in total. The molecule has 0 bridgehead atoms. The van der Waals surface area contributed by atoms with Crippen molar-refractivity contribution in [3.8, 4) is 11.4 Å². The van der Waals surface area contributed by atoms with E-state index < -0.39 is 0 Å². The Morgan fingerprint density at radius 1 is 1.18 bits per heavy atom. The topological polar surface area (TPSA) is 56.5 Å². The van der Waals surface area contributed by atoms with Crippen molar-refractivity contribution >= 4 is 10.9 Å². The van der Waals surface area contributed by atoms with Gasteiger partial charge in [0.1, 0.15) is 0 Å². The number of pyridine rings is 1. The minimum atomic E-state index is 0.637. The summed E-state index contributed by atoms with van der Waals surface area (Å²) in [5, 5.41) is 13.2. The van der Waals surface area contributed by atoms with Crippen molar-refractivity contribution in [3.05, 3.63) is 36.0 Å². The largest absolute Gasteiger partial charge is 0.256 e. The molecular weight excluding hydrogens is 214 g/mol. The van der Waals surface area contributed by atoms with Gasteiger partial charge in [0, 0.05) is 17.1 Å². The SMILES string of the molecule is Cc1ccnc2ccc(-c3nnn(C)n3)cc12. The van der Waals surface area contributed by atoms with Crippen LogP contribution in [0.1, 0.15) is 5.56 Å². The number of benzene rings is 1. The van der Waals surface area contributed by atoms with Gasteiger partial charge < -0.3 is 0 Å². The standard InChI is InChI=1S/C12H11N5/c1-8-5-6-13-11-4-3-9(7-10(8)11)12-14-16-17(2)15-12/h3-7H,1-2H3. The predicted octanol–water partition coefficient (Wildman–Crippen LogP) is 1.73. The van der Waals surface area contributed by atoms with Crippen LogP contribution in [0.4, 0.5) is 0 Å². The Hall–Kier alpha value is -2.30. The summed E-state index contributed by atoms with van der Waals surface area (Å²) in [6.07, 6.45) is 1.82. The van der Waals surface area contributed by atoms with Crippen molar-refractivity contribution in [2.24, 2.45) is 7.05 Å². The van der Waals surface area contributed by atoms with Crippen LogP contribution in [0.5, 0.6) is 0 Å². The number of aryl methyl sites for hydroxylation is 2. The summed E-state index contributed by atoms with van der Waals surface area (Å²) in [6, 6.07) is 7.99. The van der Waals surface area contributed by atoms with Crippen molar-refractivity contribution in [1.82, 2.24) is 25.2 Å². The third kappa shape index (κ3) is 1.65. The van der Waals surface area contributed by atoms with E-state index in [1.54, 1.807) is 7.05 Å². The second-order valence-corrected chi connectivity index (χ2v) is 3.96. The number of hydrogen-bond acceptors (Lipinski definition) is 4. The molecule has 5 heteroatoms. The Labute approximate surface area is 98.1 Å². The molecule has 0 aliphatic carbocycles. The van der Waals surface area contributed by atoms with Gasteiger partial charge in [-0.3, -0.25) is 4.98 Å². The van der Waals surface area contributed by atoms with Crippen LogP contribution in [0.2, 0.25) is 0 Å². The molecule has 0 aliphatic rings. The lowest BCUT2D eigenvalue weighted by Gasteiger charge is -2.02. The molecule has 84 valence electrons. The van der Waals surface area contributed by atoms with E-state index in [-0.39, 0.29) is 0 Å². The number of hydrogen-bond donors (Lipinski definition) is 0. The first-order chi connectivity index (χ1) is 8.24. The van der Waals surface area contributed by atoms with Crippen LogP contribution in [-0.4, -0.2) is 25.2 Å². The smallest absolute Gasteiger partial charge is 0.204 e. The van der Waals surface area contributed by atoms with Crippen molar-refractivity contribution in [2.75, 3.05) is 0 Å². The third-order valence-electron chi connectivity index (χ3n) is 2.73. The van der Waals surface area contributed by atoms with Gasteiger partial charge in [-0.15, -0.1) is 10.2 Å². The van der Waals surface area contributed by atoms with Crippen LogP contribution in [0, 0.1) is 6.92 Å². The lowest BCUT2D eigenvalue weighted by molar-refractivity contribution is 0.630. The summed E-state index contributed by atoms with van der Waals surface area (Å²) in [6.45, 7) is 2.07. The fourth-order valence-electron chi connectivity index (χ4n) is 1.82. The van der Waals surface area contributed by atoms with Crippen molar-refractivity contribution in [1.29, 1.82) is 0 Å². The molecule has 3 rings (SSSR count). The van der Waals surface area contributed by atoms with E-state index >= 15 is 0 Å².